The average Bonchev–Trinajstić information content (AvgIpc) is 2.38. The summed E-state index contributed by atoms with van der Waals surface area (Å²) in [5.41, 5.74) is 0.587. The number of amides is 1. The fourth-order valence-electron chi connectivity index (χ4n) is 1.64. The molecule has 1 aromatic rings. The van der Waals surface area contributed by atoms with Gasteiger partial charge in [0.1, 0.15) is 0 Å². The van der Waals surface area contributed by atoms with Crippen LogP contribution in [0.3, 0.4) is 0 Å². The molecule has 0 aliphatic rings. The van der Waals surface area contributed by atoms with Crippen molar-refractivity contribution in [3.05, 3.63) is 28.8 Å². The normalized spacial score (nSPS) is 10.3. The van der Waals surface area contributed by atoms with Gasteiger partial charge in [0, 0.05) is 23.5 Å². The molecule has 0 bridgehead atoms. The fraction of sp³-hybridized carbons (Fsp3) is 0.429. The van der Waals surface area contributed by atoms with E-state index in [1.165, 1.54) is 18.7 Å². The number of halogens is 1. The van der Waals surface area contributed by atoms with Crippen LogP contribution in [-0.2, 0) is 4.79 Å². The molecule has 0 aromatic heterocycles. The fourth-order valence-corrected chi connectivity index (χ4v) is 2.81. The molecule has 0 radical (unpaired) electrons. The molecule has 0 unspecified atom stereocenters. The van der Waals surface area contributed by atoms with Crippen LogP contribution >= 0.6 is 23.4 Å². The summed E-state index contributed by atoms with van der Waals surface area (Å²) in [5, 5.41) is 0.519. The minimum absolute atomic E-state index is 0.0160. The van der Waals surface area contributed by atoms with Gasteiger partial charge in [0.05, 0.1) is 10.8 Å². The third-order valence-corrected chi connectivity index (χ3v) is 4.29. The maximum Gasteiger partial charge on any atom is 0.232 e. The number of rotatable bonds is 6. The van der Waals surface area contributed by atoms with Crippen LogP contribution in [0.15, 0.2) is 23.1 Å². The molecule has 104 valence electrons. The van der Waals surface area contributed by atoms with E-state index in [4.69, 9.17) is 11.6 Å². The summed E-state index contributed by atoms with van der Waals surface area (Å²) in [6.45, 7) is 6.85. The molecule has 0 saturated carbocycles. The molecule has 5 heteroatoms. The summed E-state index contributed by atoms with van der Waals surface area (Å²) in [7, 11) is 0. The van der Waals surface area contributed by atoms with Crippen molar-refractivity contribution in [2.75, 3.05) is 18.8 Å². The molecular formula is C14H18ClNO2S. The van der Waals surface area contributed by atoms with Gasteiger partial charge >= 0.3 is 0 Å². The maximum absolute atomic E-state index is 11.9. The van der Waals surface area contributed by atoms with E-state index >= 15 is 0 Å². The largest absolute Gasteiger partial charge is 0.343 e. The Kier molecular flexibility index (Phi) is 6.38. The summed E-state index contributed by atoms with van der Waals surface area (Å²) < 4.78 is 0. The second-order valence-electron chi connectivity index (χ2n) is 4.06. The van der Waals surface area contributed by atoms with E-state index < -0.39 is 0 Å². The van der Waals surface area contributed by atoms with Crippen LogP contribution in [0, 0.1) is 0 Å². The van der Waals surface area contributed by atoms with Crippen LogP contribution in [0.25, 0.3) is 0 Å². The Labute approximate surface area is 123 Å². The highest BCUT2D eigenvalue weighted by atomic mass is 35.5. The van der Waals surface area contributed by atoms with E-state index in [0.717, 1.165) is 4.90 Å². The SMILES string of the molecule is CCN(CC)C(=O)CSc1ccc(C(C)=O)cc1Cl. The van der Waals surface area contributed by atoms with Gasteiger partial charge in [-0.2, -0.15) is 0 Å². The lowest BCUT2D eigenvalue weighted by Crippen LogP contribution is -2.31. The number of benzene rings is 1. The second kappa shape index (κ2) is 7.56. The Morgan fingerprint density at radius 1 is 1.26 bits per heavy atom. The molecule has 0 aliphatic carbocycles. The predicted octanol–water partition coefficient (Wildman–Crippen LogP) is 3.50. The molecule has 1 rings (SSSR count). The van der Waals surface area contributed by atoms with Gasteiger partial charge in [0.2, 0.25) is 5.91 Å². The molecule has 0 saturated heterocycles. The summed E-state index contributed by atoms with van der Waals surface area (Å²) in [4.78, 5) is 25.7. The molecular weight excluding hydrogens is 282 g/mol. The standard InChI is InChI=1S/C14H18ClNO2S/c1-4-16(5-2)14(18)9-19-13-7-6-11(10(3)17)8-12(13)15/h6-8H,4-5,9H2,1-3H3. The lowest BCUT2D eigenvalue weighted by molar-refractivity contribution is -0.127. The van der Waals surface area contributed by atoms with Crippen LogP contribution in [0.5, 0.6) is 0 Å². The smallest absolute Gasteiger partial charge is 0.232 e. The van der Waals surface area contributed by atoms with Crippen molar-refractivity contribution in [2.45, 2.75) is 25.7 Å². The average molecular weight is 300 g/mol. The summed E-state index contributed by atoms with van der Waals surface area (Å²) >= 11 is 7.51. The van der Waals surface area contributed by atoms with E-state index in [0.29, 0.717) is 29.4 Å². The van der Waals surface area contributed by atoms with Gasteiger partial charge in [-0.05, 0) is 32.9 Å². The van der Waals surface area contributed by atoms with Crippen molar-refractivity contribution in [1.82, 2.24) is 4.90 Å². The quantitative estimate of drug-likeness (QED) is 0.596. The lowest BCUT2D eigenvalue weighted by Gasteiger charge is -2.18. The Morgan fingerprint density at radius 3 is 2.37 bits per heavy atom. The van der Waals surface area contributed by atoms with E-state index in [2.05, 4.69) is 0 Å². The molecule has 19 heavy (non-hydrogen) atoms. The van der Waals surface area contributed by atoms with Gasteiger partial charge in [0.25, 0.3) is 0 Å². The Morgan fingerprint density at radius 2 is 1.89 bits per heavy atom. The topological polar surface area (TPSA) is 37.4 Å². The van der Waals surface area contributed by atoms with Gasteiger partial charge in [-0.1, -0.05) is 17.7 Å². The highest BCUT2D eigenvalue weighted by Crippen LogP contribution is 2.28. The van der Waals surface area contributed by atoms with E-state index in [1.807, 2.05) is 13.8 Å². The highest BCUT2D eigenvalue weighted by Gasteiger charge is 2.12. The predicted molar refractivity (Wildman–Crippen MR) is 80.1 cm³/mol. The third kappa shape index (κ3) is 4.55. The molecule has 0 heterocycles. The minimum atomic E-state index is -0.0160. The first-order chi connectivity index (χ1) is 8.99. The number of hydrogen-bond acceptors (Lipinski definition) is 3. The van der Waals surface area contributed by atoms with Crippen molar-refractivity contribution >= 4 is 35.1 Å². The summed E-state index contributed by atoms with van der Waals surface area (Å²) in [6.07, 6.45) is 0. The zero-order valence-corrected chi connectivity index (χ0v) is 13.0. The first kappa shape index (κ1) is 16.1. The minimum Gasteiger partial charge on any atom is -0.343 e. The molecule has 1 amide bonds. The Hall–Kier alpha value is -1.00. The van der Waals surface area contributed by atoms with E-state index in [-0.39, 0.29) is 11.7 Å². The van der Waals surface area contributed by atoms with Gasteiger partial charge in [-0.3, -0.25) is 9.59 Å². The number of carbonyl (C=O) groups is 2. The van der Waals surface area contributed by atoms with E-state index in [1.54, 1.807) is 23.1 Å². The first-order valence-corrected chi connectivity index (χ1v) is 7.57. The second-order valence-corrected chi connectivity index (χ2v) is 5.48. The monoisotopic (exact) mass is 299 g/mol. The zero-order valence-electron chi connectivity index (χ0n) is 11.4. The van der Waals surface area contributed by atoms with Crippen molar-refractivity contribution < 1.29 is 9.59 Å². The van der Waals surface area contributed by atoms with Crippen molar-refractivity contribution in [3.8, 4) is 0 Å². The van der Waals surface area contributed by atoms with Gasteiger partial charge < -0.3 is 4.90 Å². The zero-order chi connectivity index (χ0) is 14.4. The van der Waals surface area contributed by atoms with Crippen LogP contribution in [0.4, 0.5) is 0 Å². The third-order valence-electron chi connectivity index (χ3n) is 2.81. The number of ketones is 1. The van der Waals surface area contributed by atoms with Gasteiger partial charge in [0.15, 0.2) is 5.78 Å². The molecule has 1 aromatic carbocycles. The number of nitrogens with zero attached hydrogens (tertiary/aromatic N) is 1. The molecule has 0 spiro atoms. The summed E-state index contributed by atoms with van der Waals surface area (Å²) in [6, 6.07) is 5.17. The first-order valence-electron chi connectivity index (χ1n) is 6.20. The maximum atomic E-state index is 11.9. The molecule has 0 aliphatic heterocycles. The van der Waals surface area contributed by atoms with Gasteiger partial charge in [-0.15, -0.1) is 11.8 Å². The van der Waals surface area contributed by atoms with Crippen LogP contribution in [-0.4, -0.2) is 35.4 Å². The number of carbonyl (C=O) groups excluding carboxylic acids is 2. The Balaban J connectivity index is 2.68. The number of Topliss-reactive ketones (excluding diaryl/α,β-unsaturated/α-hetero) is 1. The number of hydrogen-bond donors (Lipinski definition) is 0. The van der Waals surface area contributed by atoms with Crippen molar-refractivity contribution in [2.24, 2.45) is 0 Å². The molecule has 0 N–H and O–H groups in total. The van der Waals surface area contributed by atoms with Crippen LogP contribution in [0.1, 0.15) is 31.1 Å². The highest BCUT2D eigenvalue weighted by molar-refractivity contribution is 8.00. The van der Waals surface area contributed by atoms with Crippen LogP contribution < -0.4 is 0 Å². The molecule has 0 fully saturated rings. The summed E-state index contributed by atoms with van der Waals surface area (Å²) in [5.74, 6) is 0.445. The van der Waals surface area contributed by atoms with E-state index in [9.17, 15) is 9.59 Å². The Bertz CT molecular complexity index is 473. The van der Waals surface area contributed by atoms with Crippen molar-refractivity contribution in [1.29, 1.82) is 0 Å². The van der Waals surface area contributed by atoms with Gasteiger partial charge in [-0.25, -0.2) is 0 Å². The van der Waals surface area contributed by atoms with Crippen LogP contribution in [0.2, 0.25) is 5.02 Å². The lowest BCUT2D eigenvalue weighted by atomic mass is 10.1. The van der Waals surface area contributed by atoms with Crippen molar-refractivity contribution in [3.63, 3.8) is 0 Å². The molecule has 0 atom stereocenters. The number of thioether (sulfide) groups is 1. The molecule has 3 nitrogen and oxygen atoms in total.